The van der Waals surface area contributed by atoms with E-state index < -0.39 is 0 Å². The number of halogens is 1. The number of carbonyl (C=O) groups is 1. The molecule has 1 aromatic heterocycles. The van der Waals surface area contributed by atoms with Gasteiger partial charge in [-0.15, -0.1) is 0 Å². The van der Waals surface area contributed by atoms with E-state index in [-0.39, 0.29) is 11.9 Å². The lowest BCUT2D eigenvalue weighted by Gasteiger charge is -2.43. The van der Waals surface area contributed by atoms with Crippen LogP contribution in [-0.4, -0.2) is 35.0 Å². The summed E-state index contributed by atoms with van der Waals surface area (Å²) in [4.78, 5) is 26.2. The topological polar surface area (TPSA) is 61.4 Å². The molecule has 142 valence electrons. The molecule has 6 nitrogen and oxygen atoms in total. The number of hydrogen-bond donors (Lipinski definition) is 1. The molecule has 1 fully saturated rings. The number of nitrogens with one attached hydrogen (secondary N) is 1. The monoisotopic (exact) mass is 477 g/mol. The summed E-state index contributed by atoms with van der Waals surface area (Å²) in [6.45, 7) is 2.08. The fourth-order valence-electron chi connectivity index (χ4n) is 4.11. The third-order valence-corrected chi connectivity index (χ3v) is 6.23. The Balaban J connectivity index is 1.72. The molecule has 27 heavy (non-hydrogen) atoms. The molecule has 1 N–H and O–H groups in total. The highest BCUT2D eigenvalue weighted by molar-refractivity contribution is 14.1. The fraction of sp³-hybridized carbons (Fsp3) is 0.450. The number of nitrogens with zero attached hydrogens (tertiary/aromatic N) is 4. The summed E-state index contributed by atoms with van der Waals surface area (Å²) in [5, 5.41) is 3.30. The highest BCUT2D eigenvalue weighted by Gasteiger charge is 2.41. The van der Waals surface area contributed by atoms with E-state index in [4.69, 9.17) is 4.98 Å². The lowest BCUT2D eigenvalue weighted by Crippen LogP contribution is -2.55. The average molecular weight is 477 g/mol. The number of aromatic nitrogens is 2. The van der Waals surface area contributed by atoms with Gasteiger partial charge in [-0.05, 0) is 66.1 Å². The van der Waals surface area contributed by atoms with Crippen molar-refractivity contribution in [3.05, 3.63) is 34.0 Å². The molecule has 0 saturated heterocycles. The molecule has 2 aliphatic rings. The summed E-state index contributed by atoms with van der Waals surface area (Å²) in [5.41, 5.74) is 1.75. The molecule has 1 saturated carbocycles. The summed E-state index contributed by atoms with van der Waals surface area (Å²) in [6.07, 6.45) is 7.23. The van der Waals surface area contributed by atoms with Crippen molar-refractivity contribution in [1.82, 2.24) is 9.97 Å². The molecule has 0 spiro atoms. The van der Waals surface area contributed by atoms with E-state index in [0.717, 1.165) is 36.5 Å². The summed E-state index contributed by atoms with van der Waals surface area (Å²) in [7, 11) is 1.82. The molecular weight excluding hydrogens is 453 g/mol. The van der Waals surface area contributed by atoms with Crippen molar-refractivity contribution in [2.75, 3.05) is 22.2 Å². The molecular formula is C20H24IN5O. The number of fused-ring (bicyclic) bond motifs is 1. The largest absolute Gasteiger partial charge is 0.340 e. The van der Waals surface area contributed by atoms with Crippen LogP contribution in [0, 0.1) is 3.57 Å². The van der Waals surface area contributed by atoms with Crippen LogP contribution in [-0.2, 0) is 4.79 Å². The minimum Gasteiger partial charge on any atom is -0.340 e. The molecule has 0 radical (unpaired) electrons. The van der Waals surface area contributed by atoms with Gasteiger partial charge in [0.1, 0.15) is 11.7 Å². The van der Waals surface area contributed by atoms with Gasteiger partial charge < -0.3 is 15.1 Å². The predicted octanol–water partition coefficient (Wildman–Crippen LogP) is 4.33. The second kappa shape index (κ2) is 7.61. The van der Waals surface area contributed by atoms with Crippen LogP contribution >= 0.6 is 22.6 Å². The Bertz CT molecular complexity index is 835. The lowest BCUT2D eigenvalue weighted by molar-refractivity contribution is -0.120. The first kappa shape index (κ1) is 18.5. The zero-order valence-electron chi connectivity index (χ0n) is 15.7. The van der Waals surface area contributed by atoms with Gasteiger partial charge in [0, 0.05) is 22.3 Å². The molecule has 4 rings (SSSR count). The molecule has 1 aliphatic carbocycles. The van der Waals surface area contributed by atoms with E-state index in [1.54, 1.807) is 11.1 Å². The molecule has 2 aromatic rings. The molecule has 1 aromatic carbocycles. The van der Waals surface area contributed by atoms with Gasteiger partial charge in [-0.1, -0.05) is 19.8 Å². The highest BCUT2D eigenvalue weighted by Crippen LogP contribution is 2.39. The van der Waals surface area contributed by atoms with Crippen molar-refractivity contribution >= 4 is 51.6 Å². The maximum Gasteiger partial charge on any atom is 0.249 e. The van der Waals surface area contributed by atoms with Crippen LogP contribution in [0.4, 0.5) is 23.1 Å². The van der Waals surface area contributed by atoms with Crippen LogP contribution in [0.5, 0.6) is 0 Å². The van der Waals surface area contributed by atoms with Crippen molar-refractivity contribution in [2.24, 2.45) is 0 Å². The number of anilines is 4. The second-order valence-electron chi connectivity index (χ2n) is 7.20. The first-order valence-corrected chi connectivity index (χ1v) is 10.6. The van der Waals surface area contributed by atoms with Gasteiger partial charge in [0.05, 0.1) is 6.20 Å². The molecule has 1 aliphatic heterocycles. The van der Waals surface area contributed by atoms with Crippen LogP contribution < -0.4 is 15.1 Å². The Labute approximate surface area is 173 Å². The SMILES string of the molecule is CC[C@@H]1C(=O)N(C)c2cnc(Nc3ccc(I)cc3)nc2N1C1CCCC1. The van der Waals surface area contributed by atoms with Gasteiger partial charge in [-0.25, -0.2) is 4.98 Å². The van der Waals surface area contributed by atoms with Crippen molar-refractivity contribution < 1.29 is 4.79 Å². The van der Waals surface area contributed by atoms with E-state index >= 15 is 0 Å². The van der Waals surface area contributed by atoms with E-state index in [2.05, 4.69) is 44.7 Å². The van der Waals surface area contributed by atoms with Gasteiger partial charge in [0.15, 0.2) is 5.82 Å². The van der Waals surface area contributed by atoms with Crippen LogP contribution in [0.1, 0.15) is 39.0 Å². The third-order valence-electron chi connectivity index (χ3n) is 5.51. The number of likely N-dealkylation sites (N-methyl/N-ethyl adjacent to an activating group) is 1. The lowest BCUT2D eigenvalue weighted by atomic mass is 10.0. The molecule has 7 heteroatoms. The molecule has 0 unspecified atom stereocenters. The Morgan fingerprint density at radius 1 is 1.22 bits per heavy atom. The van der Waals surface area contributed by atoms with Crippen LogP contribution in [0.3, 0.4) is 0 Å². The fourth-order valence-corrected chi connectivity index (χ4v) is 4.47. The first-order valence-electron chi connectivity index (χ1n) is 9.54. The van der Waals surface area contributed by atoms with Gasteiger partial charge in [-0.3, -0.25) is 4.79 Å². The van der Waals surface area contributed by atoms with Crippen LogP contribution in [0.15, 0.2) is 30.5 Å². The quantitative estimate of drug-likeness (QED) is 0.665. The standard InChI is InChI=1S/C20H24IN5O/c1-3-16-19(27)25(2)17-12-22-20(23-14-10-8-13(21)9-11-14)24-18(17)26(16)15-6-4-5-7-15/h8-12,15-16H,3-7H2,1-2H3,(H,22,23,24)/t16-/m1/s1. The summed E-state index contributed by atoms with van der Waals surface area (Å²) < 4.78 is 1.18. The van der Waals surface area contributed by atoms with E-state index in [0.29, 0.717) is 12.0 Å². The predicted molar refractivity (Wildman–Crippen MR) is 117 cm³/mol. The van der Waals surface area contributed by atoms with E-state index in [1.165, 1.54) is 16.4 Å². The van der Waals surface area contributed by atoms with E-state index in [1.807, 2.05) is 31.3 Å². The summed E-state index contributed by atoms with van der Waals surface area (Å²) >= 11 is 2.29. The molecule has 0 bridgehead atoms. The maximum absolute atomic E-state index is 12.9. The van der Waals surface area contributed by atoms with Crippen molar-refractivity contribution in [1.29, 1.82) is 0 Å². The molecule has 2 heterocycles. The van der Waals surface area contributed by atoms with Crippen molar-refractivity contribution in [3.63, 3.8) is 0 Å². The smallest absolute Gasteiger partial charge is 0.249 e. The van der Waals surface area contributed by atoms with Gasteiger partial charge >= 0.3 is 0 Å². The zero-order valence-corrected chi connectivity index (χ0v) is 17.8. The summed E-state index contributed by atoms with van der Waals surface area (Å²) in [5.74, 6) is 1.58. The van der Waals surface area contributed by atoms with Gasteiger partial charge in [-0.2, -0.15) is 4.98 Å². The minimum absolute atomic E-state index is 0.138. The maximum atomic E-state index is 12.9. The number of benzene rings is 1. The average Bonchev–Trinajstić information content (AvgIpc) is 3.20. The Kier molecular flexibility index (Phi) is 5.21. The third kappa shape index (κ3) is 3.49. The second-order valence-corrected chi connectivity index (χ2v) is 8.45. The minimum atomic E-state index is -0.147. The Morgan fingerprint density at radius 3 is 2.59 bits per heavy atom. The Morgan fingerprint density at radius 2 is 1.93 bits per heavy atom. The van der Waals surface area contributed by atoms with Crippen LogP contribution in [0.2, 0.25) is 0 Å². The highest BCUT2D eigenvalue weighted by atomic mass is 127. The number of rotatable bonds is 4. The van der Waals surface area contributed by atoms with E-state index in [9.17, 15) is 4.79 Å². The number of hydrogen-bond acceptors (Lipinski definition) is 5. The van der Waals surface area contributed by atoms with Crippen LogP contribution in [0.25, 0.3) is 0 Å². The van der Waals surface area contributed by atoms with Crippen molar-refractivity contribution in [3.8, 4) is 0 Å². The van der Waals surface area contributed by atoms with Gasteiger partial charge in [0.25, 0.3) is 0 Å². The summed E-state index contributed by atoms with van der Waals surface area (Å²) in [6, 6.07) is 8.37. The normalized spacial score (nSPS) is 20.1. The van der Waals surface area contributed by atoms with Crippen molar-refractivity contribution in [2.45, 2.75) is 51.1 Å². The van der Waals surface area contributed by atoms with Gasteiger partial charge in [0.2, 0.25) is 11.9 Å². The number of amides is 1. The zero-order chi connectivity index (χ0) is 19.0. The first-order chi connectivity index (χ1) is 13.1. The molecule has 1 amide bonds. The Hall–Kier alpha value is -1.90. The molecule has 1 atom stereocenters. The number of carbonyl (C=O) groups excluding carboxylic acids is 1.